The summed E-state index contributed by atoms with van der Waals surface area (Å²) in [6.07, 6.45) is 5.66. The van der Waals surface area contributed by atoms with E-state index in [-0.39, 0.29) is 11.7 Å². The summed E-state index contributed by atoms with van der Waals surface area (Å²) in [5.41, 5.74) is 3.03. The van der Waals surface area contributed by atoms with Crippen molar-refractivity contribution in [2.75, 3.05) is 44.6 Å². The lowest BCUT2D eigenvalue weighted by molar-refractivity contribution is 0.387. The van der Waals surface area contributed by atoms with Gasteiger partial charge in [-0.1, -0.05) is 0 Å². The van der Waals surface area contributed by atoms with Crippen molar-refractivity contribution in [1.82, 2.24) is 29.8 Å². The first-order chi connectivity index (χ1) is 19.1. The van der Waals surface area contributed by atoms with E-state index in [1.54, 1.807) is 24.8 Å². The molecule has 12 heteroatoms. The van der Waals surface area contributed by atoms with Crippen LogP contribution in [0.15, 0.2) is 42.7 Å². The molecule has 1 atom stereocenters. The Morgan fingerprint density at radius 2 is 1.95 bits per heavy atom. The van der Waals surface area contributed by atoms with Crippen molar-refractivity contribution in [2.45, 2.75) is 25.3 Å². The normalized spacial score (nSPS) is 15.6. The summed E-state index contributed by atoms with van der Waals surface area (Å²) in [7, 11) is 4.66. The van der Waals surface area contributed by atoms with Crippen LogP contribution in [-0.4, -0.2) is 64.2 Å². The predicted molar refractivity (Wildman–Crippen MR) is 144 cm³/mol. The average molecular weight is 533 g/mol. The quantitative estimate of drug-likeness (QED) is 0.304. The highest BCUT2D eigenvalue weighted by molar-refractivity contribution is 5.93. The Bertz CT molecular complexity index is 1620. The maximum atomic E-state index is 14.8. The van der Waals surface area contributed by atoms with Gasteiger partial charge in [-0.15, -0.1) is 5.10 Å². The molecule has 0 spiro atoms. The van der Waals surface area contributed by atoms with E-state index >= 15 is 0 Å². The van der Waals surface area contributed by atoms with Crippen LogP contribution >= 0.6 is 0 Å². The molecule has 6 rings (SSSR count). The number of halogens is 1. The second kappa shape index (κ2) is 10.3. The summed E-state index contributed by atoms with van der Waals surface area (Å²) in [6, 6.07) is 8.62. The fourth-order valence-corrected chi connectivity index (χ4v) is 5.08. The molecule has 0 saturated carbocycles. The molecule has 2 aromatic carbocycles. The summed E-state index contributed by atoms with van der Waals surface area (Å²) in [4.78, 5) is 12.0. The minimum absolute atomic E-state index is 0.0984. The molecule has 0 radical (unpaired) electrons. The zero-order valence-electron chi connectivity index (χ0n) is 21.9. The smallest absolute Gasteiger partial charge is 0.226 e. The highest BCUT2D eigenvalue weighted by Crippen LogP contribution is 2.32. The number of H-pyrrole nitrogens is 1. The van der Waals surface area contributed by atoms with E-state index in [0.717, 1.165) is 37.2 Å². The minimum atomic E-state index is -0.481. The molecule has 5 aromatic rings. The summed E-state index contributed by atoms with van der Waals surface area (Å²) < 4.78 is 32.5. The van der Waals surface area contributed by atoms with Crippen molar-refractivity contribution in [1.29, 1.82) is 0 Å². The number of piperidine rings is 1. The van der Waals surface area contributed by atoms with Crippen molar-refractivity contribution in [3.63, 3.8) is 0 Å². The van der Waals surface area contributed by atoms with Crippen LogP contribution in [0.3, 0.4) is 0 Å². The van der Waals surface area contributed by atoms with Crippen molar-refractivity contribution in [3.05, 3.63) is 59.9 Å². The minimum Gasteiger partial charge on any atom is -0.497 e. The van der Waals surface area contributed by atoms with Crippen LogP contribution in [0.2, 0.25) is 0 Å². The van der Waals surface area contributed by atoms with E-state index in [4.69, 9.17) is 29.3 Å². The monoisotopic (exact) mass is 532 g/mol. The molecular weight excluding hydrogens is 503 g/mol. The molecule has 0 amide bonds. The van der Waals surface area contributed by atoms with Crippen LogP contribution in [0, 0.1) is 5.82 Å². The first-order valence-electron chi connectivity index (χ1n) is 12.7. The summed E-state index contributed by atoms with van der Waals surface area (Å²) in [5, 5.41) is 15.8. The largest absolute Gasteiger partial charge is 0.497 e. The van der Waals surface area contributed by atoms with Gasteiger partial charge in [0.05, 0.1) is 38.7 Å². The van der Waals surface area contributed by atoms with Crippen LogP contribution in [0.1, 0.15) is 30.1 Å². The molecule has 0 unspecified atom stereocenters. The van der Waals surface area contributed by atoms with E-state index in [2.05, 4.69) is 20.4 Å². The highest BCUT2D eigenvalue weighted by atomic mass is 19.1. The summed E-state index contributed by atoms with van der Waals surface area (Å²) in [5.74, 6) is 2.29. The molecule has 202 valence electrons. The maximum absolute atomic E-state index is 14.8. The third-order valence-electron chi connectivity index (χ3n) is 7.13. The Hall–Kier alpha value is -4.61. The SMILES string of the molecule is COc1ccc(CNc2nc3cc(OC)c(F)cc3c3nc([C@@H]4CCCN(c5cn[nH]c5)C4)nn23)c(OC)c1. The number of hydrogen-bond donors (Lipinski definition) is 2. The number of aromatic amines is 1. The van der Waals surface area contributed by atoms with Gasteiger partial charge < -0.3 is 24.4 Å². The van der Waals surface area contributed by atoms with Gasteiger partial charge in [-0.05, 0) is 31.0 Å². The van der Waals surface area contributed by atoms with Crippen molar-refractivity contribution < 1.29 is 18.6 Å². The number of hydrogen-bond acceptors (Lipinski definition) is 9. The van der Waals surface area contributed by atoms with Crippen LogP contribution in [-0.2, 0) is 6.54 Å². The number of aromatic nitrogens is 6. The molecular formula is C27H29FN8O3. The number of nitrogens with one attached hydrogen (secondary N) is 2. The molecule has 39 heavy (non-hydrogen) atoms. The molecule has 0 aliphatic carbocycles. The summed E-state index contributed by atoms with van der Waals surface area (Å²) in [6.45, 7) is 2.11. The van der Waals surface area contributed by atoms with Gasteiger partial charge >= 0.3 is 0 Å². The van der Waals surface area contributed by atoms with E-state index in [9.17, 15) is 4.39 Å². The lowest BCUT2D eigenvalue weighted by Gasteiger charge is -2.32. The molecule has 1 saturated heterocycles. The van der Waals surface area contributed by atoms with E-state index in [0.29, 0.717) is 46.4 Å². The van der Waals surface area contributed by atoms with Gasteiger partial charge in [0.2, 0.25) is 5.95 Å². The van der Waals surface area contributed by atoms with Crippen molar-refractivity contribution >= 4 is 28.2 Å². The molecule has 4 heterocycles. The van der Waals surface area contributed by atoms with Gasteiger partial charge in [0, 0.05) is 54.8 Å². The van der Waals surface area contributed by atoms with Crippen LogP contribution in [0.25, 0.3) is 16.6 Å². The molecule has 1 fully saturated rings. The van der Waals surface area contributed by atoms with E-state index in [1.807, 2.05) is 30.6 Å². The average Bonchev–Trinajstić information content (AvgIpc) is 3.67. The van der Waals surface area contributed by atoms with Crippen molar-refractivity contribution in [2.24, 2.45) is 0 Å². The molecule has 11 nitrogen and oxygen atoms in total. The fraction of sp³-hybridized carbons (Fsp3) is 0.333. The third kappa shape index (κ3) is 4.62. The number of nitrogens with zero attached hydrogens (tertiary/aromatic N) is 6. The van der Waals surface area contributed by atoms with Gasteiger partial charge in [-0.25, -0.2) is 14.4 Å². The predicted octanol–water partition coefficient (Wildman–Crippen LogP) is 4.16. The first kappa shape index (κ1) is 24.7. The molecule has 1 aliphatic rings. The van der Waals surface area contributed by atoms with E-state index < -0.39 is 5.82 Å². The van der Waals surface area contributed by atoms with Gasteiger partial charge in [-0.3, -0.25) is 5.10 Å². The second-order valence-electron chi connectivity index (χ2n) is 9.42. The van der Waals surface area contributed by atoms with Crippen molar-refractivity contribution in [3.8, 4) is 17.2 Å². The van der Waals surface area contributed by atoms with Gasteiger partial charge in [0.1, 0.15) is 11.5 Å². The van der Waals surface area contributed by atoms with Gasteiger partial charge in [0.15, 0.2) is 23.0 Å². The Morgan fingerprint density at radius 1 is 1.08 bits per heavy atom. The zero-order chi connectivity index (χ0) is 26.9. The third-order valence-corrected chi connectivity index (χ3v) is 7.13. The van der Waals surface area contributed by atoms with Crippen LogP contribution in [0.4, 0.5) is 16.0 Å². The topological polar surface area (TPSA) is 115 Å². The van der Waals surface area contributed by atoms with Crippen LogP contribution < -0.4 is 24.4 Å². The number of anilines is 2. The number of benzene rings is 2. The molecule has 0 bridgehead atoms. The Kier molecular flexibility index (Phi) is 6.51. The molecule has 1 aliphatic heterocycles. The first-order valence-corrected chi connectivity index (χ1v) is 12.7. The van der Waals surface area contributed by atoms with Gasteiger partial charge in [-0.2, -0.15) is 9.61 Å². The maximum Gasteiger partial charge on any atom is 0.226 e. The molecule has 3 aromatic heterocycles. The Balaban J connectivity index is 1.40. The number of ether oxygens (including phenoxy) is 3. The lowest BCUT2D eigenvalue weighted by Crippen LogP contribution is -2.34. The standard InChI is InChI=1S/C27H29FN8O3/c1-37-19-7-6-16(23(9-19)38-2)12-29-27-32-22-11-24(39-3)21(28)10-20(22)26-33-25(34-36(26)27)17-5-4-8-35(15-17)18-13-30-31-14-18/h6-7,9-11,13-14,17H,4-5,8,12,15H2,1-3H3,(H,29,32)(H,30,31)/t17-/m1/s1. The lowest BCUT2D eigenvalue weighted by atomic mass is 9.97. The second-order valence-corrected chi connectivity index (χ2v) is 9.42. The Labute approximate surface area is 223 Å². The van der Waals surface area contributed by atoms with E-state index in [1.165, 1.54) is 13.2 Å². The Morgan fingerprint density at radius 3 is 2.72 bits per heavy atom. The molecule has 2 N–H and O–H groups in total. The van der Waals surface area contributed by atoms with Gasteiger partial charge in [0.25, 0.3) is 0 Å². The number of rotatable bonds is 8. The number of fused-ring (bicyclic) bond motifs is 3. The summed E-state index contributed by atoms with van der Waals surface area (Å²) >= 11 is 0. The zero-order valence-corrected chi connectivity index (χ0v) is 21.9. The number of methoxy groups -OCH3 is 3. The fourth-order valence-electron chi connectivity index (χ4n) is 5.08. The van der Waals surface area contributed by atoms with Crippen LogP contribution in [0.5, 0.6) is 17.2 Å². The highest BCUT2D eigenvalue weighted by Gasteiger charge is 2.27.